The van der Waals surface area contributed by atoms with Gasteiger partial charge in [0.05, 0.1) is 25.3 Å². The fraction of sp³-hybridized carbons (Fsp3) is 0.704. The van der Waals surface area contributed by atoms with E-state index in [2.05, 4.69) is 25.7 Å². The molecule has 1 aromatic heterocycles. The number of thioether (sulfide) groups is 1. The Balaban J connectivity index is 1.71. The van der Waals surface area contributed by atoms with Crippen molar-refractivity contribution in [3.05, 3.63) is 35.8 Å². The number of carboxylic acids is 1. The molecule has 1 heterocycles. The normalized spacial score (nSPS) is 29.9. The van der Waals surface area contributed by atoms with Crippen LogP contribution < -0.4 is 5.32 Å². The number of methoxy groups -OCH3 is 1. The van der Waals surface area contributed by atoms with Gasteiger partial charge in [-0.2, -0.15) is 11.8 Å². The van der Waals surface area contributed by atoms with Gasteiger partial charge in [-0.3, -0.25) is 14.9 Å². The number of carbonyl (C=O) groups excluding carboxylic acids is 1. The number of aliphatic carboxylic acids is 1. The third-order valence-corrected chi connectivity index (χ3v) is 9.27. The fourth-order valence-electron chi connectivity index (χ4n) is 6.77. The second-order valence-corrected chi connectivity index (χ2v) is 11.5. The molecule has 190 valence electrons. The number of ether oxygens (including phenoxy) is 1. The highest BCUT2D eigenvalue weighted by molar-refractivity contribution is 7.98. The van der Waals surface area contributed by atoms with Crippen molar-refractivity contribution in [2.45, 2.75) is 77.8 Å². The molecule has 2 aliphatic rings. The smallest absolute Gasteiger partial charge is 0.320 e. The van der Waals surface area contributed by atoms with E-state index in [1.165, 1.54) is 12.7 Å². The summed E-state index contributed by atoms with van der Waals surface area (Å²) in [7, 11) is 1.50. The van der Waals surface area contributed by atoms with Crippen LogP contribution in [0, 0.1) is 22.7 Å². The molecule has 6 nitrogen and oxygen atoms in total. The van der Waals surface area contributed by atoms with E-state index in [-0.39, 0.29) is 17.3 Å². The summed E-state index contributed by atoms with van der Waals surface area (Å²) in [6.07, 6.45) is 11.0. The molecule has 5 atom stereocenters. The highest BCUT2D eigenvalue weighted by Crippen LogP contribution is 2.62. The Labute approximate surface area is 208 Å². The van der Waals surface area contributed by atoms with Crippen LogP contribution in [0.3, 0.4) is 0 Å². The van der Waals surface area contributed by atoms with Crippen LogP contribution in [0.2, 0.25) is 0 Å². The Hall–Kier alpha value is -1.73. The third-order valence-electron chi connectivity index (χ3n) is 8.63. The summed E-state index contributed by atoms with van der Waals surface area (Å²) in [6, 6.07) is 1.42. The van der Waals surface area contributed by atoms with Crippen LogP contribution in [0.4, 0.5) is 0 Å². The molecule has 0 bridgehead atoms. The van der Waals surface area contributed by atoms with E-state index < -0.39 is 17.4 Å². The maximum atomic E-state index is 12.8. The summed E-state index contributed by atoms with van der Waals surface area (Å²) in [5, 5.41) is 12.6. The molecule has 0 amide bonds. The first-order valence-corrected chi connectivity index (χ1v) is 13.8. The molecule has 0 aromatic carbocycles. The van der Waals surface area contributed by atoms with Gasteiger partial charge in [0, 0.05) is 0 Å². The lowest BCUT2D eigenvalue weighted by molar-refractivity contribution is -0.168. The van der Waals surface area contributed by atoms with Crippen LogP contribution >= 0.6 is 11.8 Å². The van der Waals surface area contributed by atoms with E-state index in [1.54, 1.807) is 18.0 Å². The SMILES string of the molecule is C=C1CCC2[C@](C)(CCC[C@]2(C)C(=O)OC)[C@H]1CCc1ccoc1CNC(CCSC)C(=O)O. The first-order valence-electron chi connectivity index (χ1n) is 12.4. The summed E-state index contributed by atoms with van der Waals surface area (Å²) in [6.45, 7) is 9.31. The monoisotopic (exact) mass is 491 g/mol. The van der Waals surface area contributed by atoms with Crippen LogP contribution in [-0.4, -0.2) is 42.2 Å². The number of carboxylic acid groups (broad SMARTS) is 1. The Morgan fingerprint density at radius 3 is 2.82 bits per heavy atom. The van der Waals surface area contributed by atoms with Crippen LogP contribution in [0.25, 0.3) is 0 Å². The highest BCUT2D eigenvalue weighted by Gasteiger charge is 2.57. The maximum Gasteiger partial charge on any atom is 0.320 e. The number of aryl methyl sites for hydroxylation is 1. The fourth-order valence-corrected chi connectivity index (χ4v) is 7.24. The van der Waals surface area contributed by atoms with Crippen LogP contribution in [0.15, 0.2) is 28.9 Å². The second-order valence-electron chi connectivity index (χ2n) is 10.5. The largest absolute Gasteiger partial charge is 0.480 e. The minimum absolute atomic E-state index is 0.0187. The van der Waals surface area contributed by atoms with Gasteiger partial charge in [-0.15, -0.1) is 0 Å². The van der Waals surface area contributed by atoms with Crippen molar-refractivity contribution in [2.24, 2.45) is 22.7 Å². The lowest BCUT2D eigenvalue weighted by Gasteiger charge is -2.57. The van der Waals surface area contributed by atoms with Gasteiger partial charge in [-0.05, 0) is 92.8 Å². The van der Waals surface area contributed by atoms with Crippen molar-refractivity contribution in [3.8, 4) is 0 Å². The number of esters is 1. The molecule has 2 saturated carbocycles. The van der Waals surface area contributed by atoms with E-state index in [1.807, 2.05) is 12.3 Å². The molecule has 2 unspecified atom stereocenters. The molecule has 1 aromatic rings. The molecule has 0 radical (unpaired) electrons. The van der Waals surface area contributed by atoms with Gasteiger partial charge in [0.1, 0.15) is 11.8 Å². The molecule has 3 rings (SSSR count). The molecule has 2 fully saturated rings. The predicted molar refractivity (Wildman–Crippen MR) is 136 cm³/mol. The first-order chi connectivity index (χ1) is 16.2. The average Bonchev–Trinajstić information content (AvgIpc) is 3.24. The van der Waals surface area contributed by atoms with E-state index in [4.69, 9.17) is 9.15 Å². The quantitative estimate of drug-likeness (QED) is 0.314. The second kappa shape index (κ2) is 11.3. The van der Waals surface area contributed by atoms with Crippen molar-refractivity contribution in [1.82, 2.24) is 5.32 Å². The minimum atomic E-state index is -0.828. The lowest BCUT2D eigenvalue weighted by atomic mass is 9.46. The molecular weight excluding hydrogens is 450 g/mol. The van der Waals surface area contributed by atoms with Crippen LogP contribution in [0.5, 0.6) is 0 Å². The Morgan fingerprint density at radius 2 is 2.15 bits per heavy atom. The van der Waals surface area contributed by atoms with Crippen molar-refractivity contribution >= 4 is 23.7 Å². The number of rotatable bonds is 11. The van der Waals surface area contributed by atoms with Gasteiger partial charge in [-0.25, -0.2) is 0 Å². The summed E-state index contributed by atoms with van der Waals surface area (Å²) in [5.41, 5.74) is 1.99. The van der Waals surface area contributed by atoms with E-state index in [9.17, 15) is 14.7 Å². The number of nitrogens with one attached hydrogen (secondary N) is 1. The number of hydrogen-bond donors (Lipinski definition) is 2. The van der Waals surface area contributed by atoms with Crippen LogP contribution in [0.1, 0.15) is 70.1 Å². The molecule has 2 N–H and O–H groups in total. The van der Waals surface area contributed by atoms with Crippen molar-refractivity contribution < 1.29 is 23.8 Å². The zero-order valence-corrected chi connectivity index (χ0v) is 22.0. The van der Waals surface area contributed by atoms with E-state index in [0.717, 1.165) is 62.0 Å². The summed E-state index contributed by atoms with van der Waals surface area (Å²) in [4.78, 5) is 24.4. The highest BCUT2D eigenvalue weighted by atomic mass is 32.2. The molecule has 2 aliphatic carbocycles. The molecule has 7 heteroatoms. The van der Waals surface area contributed by atoms with E-state index >= 15 is 0 Å². The van der Waals surface area contributed by atoms with Crippen molar-refractivity contribution in [3.63, 3.8) is 0 Å². The van der Waals surface area contributed by atoms with Gasteiger partial charge < -0.3 is 14.3 Å². The van der Waals surface area contributed by atoms with Crippen molar-refractivity contribution in [1.29, 1.82) is 0 Å². The summed E-state index contributed by atoms with van der Waals surface area (Å²) in [5.74, 6) is 1.32. The van der Waals surface area contributed by atoms with Gasteiger partial charge in [0.15, 0.2) is 0 Å². The Morgan fingerprint density at radius 1 is 1.38 bits per heavy atom. The van der Waals surface area contributed by atoms with Crippen LogP contribution in [-0.2, 0) is 27.3 Å². The topological polar surface area (TPSA) is 88.8 Å². The third kappa shape index (κ3) is 5.40. The van der Waals surface area contributed by atoms with Gasteiger partial charge in [-0.1, -0.05) is 25.5 Å². The summed E-state index contributed by atoms with van der Waals surface area (Å²) < 4.78 is 11.0. The molecular formula is C27H41NO5S. The zero-order valence-electron chi connectivity index (χ0n) is 21.2. The summed E-state index contributed by atoms with van der Waals surface area (Å²) >= 11 is 1.65. The van der Waals surface area contributed by atoms with Gasteiger partial charge >= 0.3 is 11.9 Å². The first kappa shape index (κ1) is 26.9. The van der Waals surface area contributed by atoms with E-state index in [0.29, 0.717) is 18.9 Å². The average molecular weight is 492 g/mol. The number of carbonyl (C=O) groups is 2. The standard InChI is InChI=1S/C27H41NO5S/c1-18-7-10-23-26(2,13-6-14-27(23,3)25(31)32-4)20(18)9-8-19-11-15-33-22(19)17-28-21(24(29)30)12-16-34-5/h11,15,20-21,23,28H,1,6-10,12-14,16-17H2,2-5H3,(H,29,30)/t20-,21?,23?,26+,27-/m0/s1. The van der Waals surface area contributed by atoms with Crippen molar-refractivity contribution in [2.75, 3.05) is 19.1 Å². The van der Waals surface area contributed by atoms with Gasteiger partial charge in [0.2, 0.25) is 0 Å². The number of fused-ring (bicyclic) bond motifs is 1. The molecule has 34 heavy (non-hydrogen) atoms. The number of furan rings is 1. The predicted octanol–water partition coefficient (Wildman–Crippen LogP) is 5.46. The molecule has 0 spiro atoms. The maximum absolute atomic E-state index is 12.8. The molecule has 0 saturated heterocycles. The number of hydrogen-bond acceptors (Lipinski definition) is 6. The zero-order chi connectivity index (χ0) is 24.9. The molecule has 0 aliphatic heterocycles. The lowest BCUT2D eigenvalue weighted by Crippen LogP contribution is -2.53. The Kier molecular flexibility index (Phi) is 8.96. The van der Waals surface area contributed by atoms with Gasteiger partial charge in [0.25, 0.3) is 0 Å². The minimum Gasteiger partial charge on any atom is -0.480 e. The number of allylic oxidation sites excluding steroid dienone is 1. The Bertz CT molecular complexity index is 882.